The molecule has 170 valence electrons. The first-order valence-electron chi connectivity index (χ1n) is 11.3. The fourth-order valence-corrected chi connectivity index (χ4v) is 4.91. The molecule has 0 radical (unpaired) electrons. The Morgan fingerprint density at radius 2 is 1.42 bits per heavy atom. The van der Waals surface area contributed by atoms with E-state index in [-0.39, 0.29) is 10.8 Å². The Hall–Kier alpha value is -1.77. The Morgan fingerprint density at radius 3 is 1.90 bits per heavy atom. The molecule has 0 saturated carbocycles. The highest BCUT2D eigenvalue weighted by atomic mass is 31.2. The number of aryl methyl sites for hydroxylation is 3. The maximum atomic E-state index is 13.1. The van der Waals surface area contributed by atoms with Crippen LogP contribution < -0.4 is 9.05 Å². The zero-order valence-corrected chi connectivity index (χ0v) is 20.9. The van der Waals surface area contributed by atoms with Crippen LogP contribution in [0.25, 0.3) is 0 Å². The molecule has 1 aliphatic rings. The predicted molar refractivity (Wildman–Crippen MR) is 127 cm³/mol. The molecule has 2 aromatic carbocycles. The molecular weight excluding hydrogens is 407 g/mol. The lowest BCUT2D eigenvalue weighted by atomic mass is 9.84. The topological polar surface area (TPSA) is 55.8 Å². The van der Waals surface area contributed by atoms with Crippen LogP contribution in [-0.4, -0.2) is 4.89 Å². The summed E-state index contributed by atoms with van der Waals surface area (Å²) in [6.07, 6.45) is 4.46. The van der Waals surface area contributed by atoms with Gasteiger partial charge < -0.3 is 9.05 Å². The van der Waals surface area contributed by atoms with Gasteiger partial charge in [0.15, 0.2) is 0 Å². The third kappa shape index (κ3) is 5.73. The van der Waals surface area contributed by atoms with Crippen LogP contribution in [0.5, 0.6) is 11.5 Å². The Bertz CT molecular complexity index is 968. The third-order valence-electron chi connectivity index (χ3n) is 5.98. The quantitative estimate of drug-likeness (QED) is 0.492. The summed E-state index contributed by atoms with van der Waals surface area (Å²) < 4.78 is 24.4. The fourth-order valence-electron chi connectivity index (χ4n) is 3.98. The van der Waals surface area contributed by atoms with Crippen molar-refractivity contribution in [3.63, 3.8) is 0 Å². The summed E-state index contributed by atoms with van der Waals surface area (Å²) in [5.41, 5.74) is 5.29. The summed E-state index contributed by atoms with van der Waals surface area (Å²) in [6.45, 7) is 15.0. The van der Waals surface area contributed by atoms with Crippen LogP contribution in [0.2, 0.25) is 0 Å². The summed E-state index contributed by atoms with van der Waals surface area (Å²) >= 11 is 0. The molecule has 0 aliphatic heterocycles. The number of hydrogen-bond acceptors (Lipinski definition) is 3. The van der Waals surface area contributed by atoms with Gasteiger partial charge in [-0.3, -0.25) is 4.89 Å². The molecule has 4 nitrogen and oxygen atoms in total. The first-order chi connectivity index (χ1) is 14.3. The second-order valence-corrected chi connectivity index (χ2v) is 12.0. The van der Waals surface area contributed by atoms with Crippen LogP contribution in [0, 0.1) is 0 Å². The van der Waals surface area contributed by atoms with Gasteiger partial charge in [-0.25, -0.2) is 4.57 Å². The lowest BCUT2D eigenvalue weighted by Gasteiger charge is -2.24. The molecule has 0 fully saturated rings. The highest BCUT2D eigenvalue weighted by Crippen LogP contribution is 2.49. The van der Waals surface area contributed by atoms with E-state index >= 15 is 0 Å². The first-order valence-corrected chi connectivity index (χ1v) is 12.8. The van der Waals surface area contributed by atoms with Gasteiger partial charge in [0, 0.05) is 0 Å². The summed E-state index contributed by atoms with van der Waals surface area (Å²) in [5, 5.41) is 0. The number of phosphoric ester groups is 1. The Kier molecular flexibility index (Phi) is 6.65. The zero-order valence-electron chi connectivity index (χ0n) is 20.0. The number of rotatable bonds is 5. The van der Waals surface area contributed by atoms with Crippen LogP contribution in [0.15, 0.2) is 30.3 Å². The smallest absolute Gasteiger partial charge is 0.395 e. The molecule has 0 aromatic heterocycles. The number of benzene rings is 2. The molecular formula is C26H37O4P. The van der Waals surface area contributed by atoms with Crippen molar-refractivity contribution in [2.75, 3.05) is 0 Å². The van der Waals surface area contributed by atoms with E-state index in [0.29, 0.717) is 17.9 Å². The van der Waals surface area contributed by atoms with Crippen molar-refractivity contribution in [1.29, 1.82) is 0 Å². The maximum absolute atomic E-state index is 13.1. The van der Waals surface area contributed by atoms with E-state index < -0.39 is 7.82 Å². The number of hydrogen-bond donors (Lipinski definition) is 1. The van der Waals surface area contributed by atoms with E-state index in [9.17, 15) is 9.46 Å². The standard InChI is InChI=1S/C26H37O4P/c1-8-18-15-21(25(2,3)4)13-14-23(18)29-31(27,28)30-24-19-11-9-10-12-20(24)17-22(16-19)26(5,6)7/h13-17H,8-12H2,1-7H3,(H,27,28). The summed E-state index contributed by atoms with van der Waals surface area (Å²) in [4.78, 5) is 10.7. The molecule has 2 aromatic rings. The molecule has 31 heavy (non-hydrogen) atoms. The minimum Gasteiger partial charge on any atom is -0.395 e. The van der Waals surface area contributed by atoms with Gasteiger partial charge >= 0.3 is 7.82 Å². The fraction of sp³-hybridized carbons (Fsp3) is 0.538. The Labute approximate surface area is 187 Å². The number of phosphoric acid groups is 1. The van der Waals surface area contributed by atoms with Gasteiger partial charge in [0.25, 0.3) is 0 Å². The van der Waals surface area contributed by atoms with Gasteiger partial charge in [0.2, 0.25) is 0 Å². The highest BCUT2D eigenvalue weighted by Gasteiger charge is 2.31. The van der Waals surface area contributed by atoms with Gasteiger partial charge in [0.05, 0.1) is 0 Å². The zero-order chi connectivity index (χ0) is 23.0. The van der Waals surface area contributed by atoms with Crippen LogP contribution in [-0.2, 0) is 34.7 Å². The Balaban J connectivity index is 1.92. The molecule has 0 saturated heterocycles. The predicted octanol–water partition coefficient (Wildman–Crippen LogP) is 7.28. The van der Waals surface area contributed by atoms with Crippen molar-refractivity contribution in [2.24, 2.45) is 0 Å². The number of fused-ring (bicyclic) bond motifs is 2. The second kappa shape index (κ2) is 8.64. The summed E-state index contributed by atoms with van der Waals surface area (Å²) in [7, 11) is -4.34. The van der Waals surface area contributed by atoms with E-state index in [1.54, 1.807) is 6.07 Å². The maximum Gasteiger partial charge on any atom is 0.584 e. The normalized spacial score (nSPS) is 16.4. The lowest BCUT2D eigenvalue weighted by Crippen LogP contribution is -2.13. The van der Waals surface area contributed by atoms with Gasteiger partial charge in [0.1, 0.15) is 11.5 Å². The minimum absolute atomic E-state index is 0.00425. The third-order valence-corrected chi connectivity index (χ3v) is 6.82. The monoisotopic (exact) mass is 444 g/mol. The van der Waals surface area contributed by atoms with Gasteiger partial charge in [-0.1, -0.05) is 72.7 Å². The van der Waals surface area contributed by atoms with Crippen molar-refractivity contribution < 1.29 is 18.5 Å². The van der Waals surface area contributed by atoms with Gasteiger partial charge in [-0.15, -0.1) is 0 Å². The molecule has 1 unspecified atom stereocenters. The lowest BCUT2D eigenvalue weighted by molar-refractivity contribution is 0.288. The SMILES string of the molecule is CCc1cc(C(C)(C)C)ccc1OP(=O)(O)Oc1c2cc(C(C)(C)C)cc1CCCC2. The van der Waals surface area contributed by atoms with Crippen LogP contribution in [0.1, 0.15) is 89.1 Å². The van der Waals surface area contributed by atoms with E-state index in [1.807, 2.05) is 13.0 Å². The van der Waals surface area contributed by atoms with Crippen molar-refractivity contribution in [2.45, 2.75) is 91.4 Å². The second-order valence-electron chi connectivity index (χ2n) is 10.7. The van der Waals surface area contributed by atoms with E-state index in [2.05, 4.69) is 59.7 Å². The van der Waals surface area contributed by atoms with Crippen molar-refractivity contribution in [1.82, 2.24) is 0 Å². The molecule has 0 amide bonds. The Morgan fingerprint density at radius 1 is 0.871 bits per heavy atom. The molecule has 2 bridgehead atoms. The average Bonchev–Trinajstić information content (AvgIpc) is 2.74. The van der Waals surface area contributed by atoms with Gasteiger partial charge in [-0.05, 0) is 76.8 Å². The van der Waals surface area contributed by atoms with E-state index in [1.165, 1.54) is 11.1 Å². The molecule has 1 N–H and O–H groups in total. The van der Waals surface area contributed by atoms with Crippen LogP contribution >= 0.6 is 7.82 Å². The largest absolute Gasteiger partial charge is 0.584 e. The van der Waals surface area contributed by atoms with Crippen LogP contribution in [0.4, 0.5) is 0 Å². The van der Waals surface area contributed by atoms with Crippen molar-refractivity contribution in [3.8, 4) is 11.5 Å². The van der Waals surface area contributed by atoms with Gasteiger partial charge in [-0.2, -0.15) is 0 Å². The molecule has 3 rings (SSSR count). The summed E-state index contributed by atoms with van der Waals surface area (Å²) in [6, 6.07) is 10.0. The average molecular weight is 445 g/mol. The van der Waals surface area contributed by atoms with E-state index in [4.69, 9.17) is 9.05 Å². The minimum atomic E-state index is -4.34. The molecule has 1 atom stereocenters. The van der Waals surface area contributed by atoms with Crippen molar-refractivity contribution >= 4 is 7.82 Å². The van der Waals surface area contributed by atoms with Crippen molar-refractivity contribution in [3.05, 3.63) is 58.1 Å². The molecule has 1 aliphatic carbocycles. The molecule has 0 heterocycles. The molecule has 5 heteroatoms. The molecule has 0 spiro atoms. The highest BCUT2D eigenvalue weighted by molar-refractivity contribution is 7.48. The van der Waals surface area contributed by atoms with Crippen LogP contribution in [0.3, 0.4) is 0 Å². The first kappa shape index (κ1) is 23.9. The van der Waals surface area contributed by atoms with E-state index in [0.717, 1.165) is 42.4 Å². The summed E-state index contributed by atoms with van der Waals surface area (Å²) in [5.74, 6) is 0.936.